The zero-order chi connectivity index (χ0) is 21.6. The minimum Gasteiger partial charge on any atom is -0.490 e. The summed E-state index contributed by atoms with van der Waals surface area (Å²) in [5, 5.41) is 3.29. The third-order valence-electron chi connectivity index (χ3n) is 5.41. The van der Waals surface area contributed by atoms with E-state index in [0.29, 0.717) is 5.95 Å². The maximum Gasteiger partial charge on any atom is 0.227 e. The van der Waals surface area contributed by atoms with Gasteiger partial charge in [-0.2, -0.15) is 0 Å². The van der Waals surface area contributed by atoms with E-state index in [2.05, 4.69) is 32.4 Å². The number of hydrogen-bond donors (Lipinski definition) is 1. The van der Waals surface area contributed by atoms with Crippen LogP contribution in [0.3, 0.4) is 0 Å². The summed E-state index contributed by atoms with van der Waals surface area (Å²) in [7, 11) is 0. The minimum absolute atomic E-state index is 0.232. The van der Waals surface area contributed by atoms with E-state index < -0.39 is 0 Å². The fourth-order valence-electron chi connectivity index (χ4n) is 3.68. The van der Waals surface area contributed by atoms with Crippen molar-refractivity contribution in [3.8, 4) is 17.0 Å². The minimum atomic E-state index is 0.232. The molecule has 7 nitrogen and oxygen atoms in total. The Balaban J connectivity index is 1.23. The Morgan fingerprint density at radius 1 is 0.969 bits per heavy atom. The average Bonchev–Trinajstić information content (AvgIpc) is 3.35. The quantitative estimate of drug-likeness (QED) is 0.461. The third-order valence-corrected chi connectivity index (χ3v) is 5.41. The average molecular weight is 428 g/mol. The van der Waals surface area contributed by atoms with Gasteiger partial charge in [0.1, 0.15) is 11.9 Å². The first-order valence-electron chi connectivity index (χ1n) is 10.8. The molecule has 0 bridgehead atoms. The van der Waals surface area contributed by atoms with Gasteiger partial charge >= 0.3 is 0 Å². The van der Waals surface area contributed by atoms with Crippen molar-refractivity contribution in [3.05, 3.63) is 85.1 Å². The monoisotopic (exact) mass is 427 g/mol. The van der Waals surface area contributed by atoms with E-state index in [1.54, 1.807) is 12.4 Å². The van der Waals surface area contributed by atoms with Gasteiger partial charge in [0, 0.05) is 49.2 Å². The van der Waals surface area contributed by atoms with Crippen LogP contribution in [0.5, 0.6) is 5.75 Å². The summed E-state index contributed by atoms with van der Waals surface area (Å²) < 4.78 is 13.5. The lowest BCUT2D eigenvalue weighted by Crippen LogP contribution is -2.25. The molecule has 4 aromatic rings. The topological polar surface area (TPSA) is 74.1 Å². The maximum absolute atomic E-state index is 6.06. The molecule has 0 atom stereocenters. The second-order valence-electron chi connectivity index (χ2n) is 7.78. The summed E-state index contributed by atoms with van der Waals surface area (Å²) in [6.07, 6.45) is 9.43. The molecule has 162 valence electrons. The zero-order valence-corrected chi connectivity index (χ0v) is 17.7. The lowest BCUT2D eigenvalue weighted by molar-refractivity contribution is 0.0256. The molecule has 1 aliphatic heterocycles. The van der Waals surface area contributed by atoms with Crippen LogP contribution in [0.25, 0.3) is 11.3 Å². The van der Waals surface area contributed by atoms with Crippen LogP contribution in [0.1, 0.15) is 18.4 Å². The fraction of sp³-hybridized carbons (Fsp3) is 0.240. The number of nitrogens with zero attached hydrogens (tertiary/aromatic N) is 4. The van der Waals surface area contributed by atoms with Crippen LogP contribution in [0.4, 0.5) is 11.6 Å². The Morgan fingerprint density at radius 3 is 2.53 bits per heavy atom. The number of benzene rings is 2. The predicted octanol–water partition coefficient (Wildman–Crippen LogP) is 4.69. The van der Waals surface area contributed by atoms with Crippen molar-refractivity contribution >= 4 is 11.6 Å². The van der Waals surface area contributed by atoms with Crippen LogP contribution in [0.15, 0.2) is 79.5 Å². The zero-order valence-electron chi connectivity index (χ0n) is 17.7. The van der Waals surface area contributed by atoms with Gasteiger partial charge in [-0.05, 0) is 48.0 Å². The Morgan fingerprint density at radius 2 is 1.78 bits per heavy atom. The third kappa shape index (κ3) is 5.12. The molecule has 5 rings (SSSR count). The van der Waals surface area contributed by atoms with Gasteiger partial charge in [0.05, 0.1) is 25.2 Å². The van der Waals surface area contributed by atoms with Gasteiger partial charge in [0.15, 0.2) is 0 Å². The first-order chi connectivity index (χ1) is 15.8. The number of anilines is 2. The Labute approximate surface area is 187 Å². The lowest BCUT2D eigenvalue weighted by Gasteiger charge is -2.23. The molecule has 1 aliphatic rings. The van der Waals surface area contributed by atoms with Crippen LogP contribution in [0, 0.1) is 0 Å². The summed E-state index contributed by atoms with van der Waals surface area (Å²) >= 11 is 0. The van der Waals surface area contributed by atoms with E-state index >= 15 is 0 Å². The Kier molecular flexibility index (Phi) is 6.07. The molecular formula is C25H25N5O2. The summed E-state index contributed by atoms with van der Waals surface area (Å²) in [5.41, 5.74) is 4.02. The highest BCUT2D eigenvalue weighted by Crippen LogP contribution is 2.24. The Hall–Kier alpha value is -3.71. The SMILES string of the molecule is c1cn(Cc2ccc(Nc3nccc(-c4ccc(OC5CCOCC5)cc4)n3)cc2)cn1. The number of nitrogens with one attached hydrogen (secondary N) is 1. The van der Waals surface area contributed by atoms with Crippen molar-refractivity contribution in [3.63, 3.8) is 0 Å². The lowest BCUT2D eigenvalue weighted by atomic mass is 10.1. The van der Waals surface area contributed by atoms with Gasteiger partial charge in [-0.25, -0.2) is 15.0 Å². The summed E-state index contributed by atoms with van der Waals surface area (Å²) in [6, 6.07) is 18.2. The van der Waals surface area contributed by atoms with E-state index in [1.165, 1.54) is 5.56 Å². The van der Waals surface area contributed by atoms with Crippen molar-refractivity contribution in [2.24, 2.45) is 0 Å². The van der Waals surface area contributed by atoms with Gasteiger partial charge in [-0.15, -0.1) is 0 Å². The van der Waals surface area contributed by atoms with Crippen LogP contribution in [0.2, 0.25) is 0 Å². The standard InChI is InChI=1S/C25H25N5O2/c1-5-21(6-2-19(1)17-30-14-13-26-18-30)28-25-27-12-9-24(29-25)20-3-7-22(8-4-20)32-23-10-15-31-16-11-23/h1-9,12-14,18,23H,10-11,15-17H2,(H,27,28,29). The molecule has 32 heavy (non-hydrogen) atoms. The molecular weight excluding hydrogens is 402 g/mol. The van der Waals surface area contributed by atoms with E-state index in [9.17, 15) is 0 Å². The summed E-state index contributed by atoms with van der Waals surface area (Å²) in [5.74, 6) is 1.44. The number of imidazole rings is 1. The molecule has 0 unspecified atom stereocenters. The first kappa shape index (κ1) is 20.2. The van der Waals surface area contributed by atoms with E-state index in [1.807, 2.05) is 59.6 Å². The molecule has 3 heterocycles. The maximum atomic E-state index is 6.06. The molecule has 7 heteroatoms. The van der Waals surface area contributed by atoms with Crippen molar-refractivity contribution in [2.45, 2.75) is 25.5 Å². The first-order valence-corrected chi connectivity index (χ1v) is 10.8. The van der Waals surface area contributed by atoms with Gasteiger partial charge < -0.3 is 19.4 Å². The molecule has 2 aromatic heterocycles. The van der Waals surface area contributed by atoms with Crippen LogP contribution in [-0.2, 0) is 11.3 Å². The Bertz CT molecular complexity index is 1120. The molecule has 1 N–H and O–H groups in total. The van der Waals surface area contributed by atoms with Gasteiger partial charge in [0.25, 0.3) is 0 Å². The van der Waals surface area contributed by atoms with E-state index in [4.69, 9.17) is 9.47 Å². The second kappa shape index (κ2) is 9.62. The smallest absolute Gasteiger partial charge is 0.227 e. The predicted molar refractivity (Wildman–Crippen MR) is 123 cm³/mol. The normalized spacial score (nSPS) is 14.2. The second-order valence-corrected chi connectivity index (χ2v) is 7.78. The van der Waals surface area contributed by atoms with Crippen molar-refractivity contribution in [2.75, 3.05) is 18.5 Å². The highest BCUT2D eigenvalue weighted by atomic mass is 16.5. The molecule has 0 spiro atoms. The molecule has 0 radical (unpaired) electrons. The number of ether oxygens (including phenoxy) is 2. The van der Waals surface area contributed by atoms with E-state index in [-0.39, 0.29) is 6.10 Å². The van der Waals surface area contributed by atoms with Gasteiger partial charge in [-0.3, -0.25) is 0 Å². The molecule has 2 aromatic carbocycles. The van der Waals surface area contributed by atoms with Crippen LogP contribution in [-0.4, -0.2) is 38.8 Å². The van der Waals surface area contributed by atoms with Crippen molar-refractivity contribution in [1.29, 1.82) is 0 Å². The van der Waals surface area contributed by atoms with Gasteiger partial charge in [0.2, 0.25) is 5.95 Å². The van der Waals surface area contributed by atoms with Crippen LogP contribution >= 0.6 is 0 Å². The molecule has 0 amide bonds. The van der Waals surface area contributed by atoms with E-state index in [0.717, 1.165) is 55.3 Å². The van der Waals surface area contributed by atoms with Gasteiger partial charge in [-0.1, -0.05) is 12.1 Å². The largest absolute Gasteiger partial charge is 0.490 e. The van der Waals surface area contributed by atoms with Crippen LogP contribution < -0.4 is 10.1 Å². The summed E-state index contributed by atoms with van der Waals surface area (Å²) in [6.45, 7) is 2.33. The number of rotatable bonds is 7. The molecule has 0 saturated carbocycles. The number of aromatic nitrogens is 4. The fourth-order valence-corrected chi connectivity index (χ4v) is 3.68. The molecule has 1 fully saturated rings. The summed E-state index contributed by atoms with van der Waals surface area (Å²) in [4.78, 5) is 13.1. The highest BCUT2D eigenvalue weighted by molar-refractivity contribution is 5.62. The molecule has 1 saturated heterocycles. The highest BCUT2D eigenvalue weighted by Gasteiger charge is 2.15. The van der Waals surface area contributed by atoms with Crippen molar-refractivity contribution < 1.29 is 9.47 Å². The molecule has 0 aliphatic carbocycles. The number of hydrogen-bond acceptors (Lipinski definition) is 6. The van der Waals surface area contributed by atoms with Crippen molar-refractivity contribution in [1.82, 2.24) is 19.5 Å².